The lowest BCUT2D eigenvalue weighted by Crippen LogP contribution is -2.22. The fourth-order valence-electron chi connectivity index (χ4n) is 4.86. The van der Waals surface area contributed by atoms with Crippen LogP contribution in [0.2, 0.25) is 5.02 Å². The molecule has 1 unspecified atom stereocenters. The molecule has 3 aromatic carbocycles. The summed E-state index contributed by atoms with van der Waals surface area (Å²) < 4.78 is 13.7. The average molecular weight is 493 g/mol. The lowest BCUT2D eigenvalue weighted by atomic mass is 9.84. The van der Waals surface area contributed by atoms with Gasteiger partial charge in [-0.05, 0) is 42.3 Å². The third-order valence-corrected chi connectivity index (χ3v) is 6.80. The molecule has 7 rings (SSSR count). The molecule has 0 saturated carbocycles. The van der Waals surface area contributed by atoms with Crippen molar-refractivity contribution >= 4 is 28.2 Å². The van der Waals surface area contributed by atoms with Gasteiger partial charge in [-0.25, -0.2) is 19.3 Å². The largest absolute Gasteiger partial charge is 0.437 e. The number of halogens is 1. The first-order valence-corrected chi connectivity index (χ1v) is 11.8. The van der Waals surface area contributed by atoms with Crippen molar-refractivity contribution < 1.29 is 9.15 Å². The highest BCUT2D eigenvalue weighted by Crippen LogP contribution is 2.48. The molecule has 6 aromatic rings. The number of nitrogens with zero attached hydrogens (tertiary/aromatic N) is 4. The van der Waals surface area contributed by atoms with E-state index in [9.17, 15) is 4.79 Å². The van der Waals surface area contributed by atoms with Crippen LogP contribution < -0.4 is 10.4 Å². The van der Waals surface area contributed by atoms with Crippen molar-refractivity contribution in [2.75, 3.05) is 0 Å². The lowest BCUT2D eigenvalue weighted by Gasteiger charge is -2.27. The van der Waals surface area contributed by atoms with Crippen LogP contribution in [0.3, 0.4) is 0 Å². The molecule has 1 aliphatic heterocycles. The molecule has 3 aromatic heterocycles. The number of rotatable bonds is 2. The summed E-state index contributed by atoms with van der Waals surface area (Å²) in [4.78, 5) is 22.9. The number of ether oxygens (including phenoxy) is 1. The topological polar surface area (TPSA) is 82.5 Å². The molecule has 0 radical (unpaired) electrons. The summed E-state index contributed by atoms with van der Waals surface area (Å²) in [5, 5.41) is 5.98. The second kappa shape index (κ2) is 7.76. The first-order valence-electron chi connectivity index (χ1n) is 11.4. The van der Waals surface area contributed by atoms with Crippen LogP contribution in [-0.4, -0.2) is 19.6 Å². The van der Waals surface area contributed by atoms with Crippen LogP contribution in [0, 0.1) is 6.92 Å². The van der Waals surface area contributed by atoms with Gasteiger partial charge < -0.3 is 9.15 Å². The van der Waals surface area contributed by atoms with E-state index in [1.54, 1.807) is 29.0 Å². The molecule has 0 N–H and O–H groups in total. The Morgan fingerprint density at radius 3 is 2.56 bits per heavy atom. The van der Waals surface area contributed by atoms with Crippen LogP contribution in [0.5, 0.6) is 11.6 Å². The first-order chi connectivity index (χ1) is 17.6. The molecule has 0 fully saturated rings. The molecule has 0 saturated heterocycles. The standard InChI is InChI=1S/C28H17ClN4O3/c1-15-6-2-3-7-18(15)25-31-26-23-21(16-10-12-17(29)13-11-16)22-24(36-27(23)30-14-33(26)32-25)19-8-4-5-9-20(19)35-28(22)34/h2-14,21H,1H3. The van der Waals surface area contributed by atoms with E-state index in [4.69, 9.17) is 25.7 Å². The fraction of sp³-hybridized carbons (Fsp3) is 0.0714. The monoisotopic (exact) mass is 492 g/mol. The van der Waals surface area contributed by atoms with Crippen molar-refractivity contribution in [3.05, 3.63) is 117 Å². The van der Waals surface area contributed by atoms with Gasteiger partial charge in [-0.15, -0.1) is 5.10 Å². The number of fused-ring (bicyclic) bond motifs is 6. The summed E-state index contributed by atoms with van der Waals surface area (Å²) in [6.45, 7) is 2.01. The molecule has 8 heteroatoms. The SMILES string of the molecule is Cc1ccccc1-c1nc2c3c(ncn2n1)Oc1c(c(=O)oc2ccccc12)C3c1ccc(Cl)cc1. The zero-order valence-electron chi connectivity index (χ0n) is 19.0. The molecule has 4 heterocycles. The smallest absolute Gasteiger partial charge is 0.344 e. The van der Waals surface area contributed by atoms with Crippen molar-refractivity contribution in [3.63, 3.8) is 0 Å². The molecule has 1 atom stereocenters. The van der Waals surface area contributed by atoms with Crippen molar-refractivity contribution in [1.29, 1.82) is 0 Å². The molecular weight excluding hydrogens is 476 g/mol. The molecule has 174 valence electrons. The van der Waals surface area contributed by atoms with Gasteiger partial charge in [0.1, 0.15) is 11.9 Å². The van der Waals surface area contributed by atoms with Gasteiger partial charge in [0.05, 0.1) is 22.4 Å². The Bertz CT molecular complexity index is 1880. The molecule has 0 aliphatic carbocycles. The predicted molar refractivity (Wildman–Crippen MR) is 136 cm³/mol. The summed E-state index contributed by atoms with van der Waals surface area (Å²) in [5.74, 6) is 0.820. The Morgan fingerprint density at radius 1 is 0.944 bits per heavy atom. The van der Waals surface area contributed by atoms with Crippen LogP contribution in [-0.2, 0) is 0 Å². The highest BCUT2D eigenvalue weighted by Gasteiger charge is 2.37. The Hall–Kier alpha value is -4.49. The summed E-state index contributed by atoms with van der Waals surface area (Å²) in [7, 11) is 0. The summed E-state index contributed by atoms with van der Waals surface area (Å²) in [5.41, 5.74) is 4.36. The van der Waals surface area contributed by atoms with Gasteiger partial charge in [0.25, 0.3) is 0 Å². The molecule has 0 bridgehead atoms. The second-order valence-electron chi connectivity index (χ2n) is 8.70. The van der Waals surface area contributed by atoms with E-state index in [1.165, 1.54) is 0 Å². The minimum atomic E-state index is -0.549. The van der Waals surface area contributed by atoms with E-state index in [2.05, 4.69) is 10.1 Å². The van der Waals surface area contributed by atoms with Crippen LogP contribution >= 0.6 is 11.6 Å². The van der Waals surface area contributed by atoms with Crippen molar-refractivity contribution in [3.8, 4) is 23.0 Å². The van der Waals surface area contributed by atoms with E-state index in [0.29, 0.717) is 50.2 Å². The van der Waals surface area contributed by atoms with Gasteiger partial charge in [-0.2, -0.15) is 0 Å². The maximum atomic E-state index is 13.4. The Balaban J connectivity index is 1.55. The van der Waals surface area contributed by atoms with Gasteiger partial charge in [-0.1, -0.05) is 60.1 Å². The summed E-state index contributed by atoms with van der Waals surface area (Å²) in [6, 6.07) is 22.6. The number of hydrogen-bond acceptors (Lipinski definition) is 6. The molecule has 0 amide bonds. The molecule has 1 aliphatic rings. The van der Waals surface area contributed by atoms with Crippen molar-refractivity contribution in [2.24, 2.45) is 0 Å². The molecule has 7 nitrogen and oxygen atoms in total. The number of hydrogen-bond donors (Lipinski definition) is 0. The highest BCUT2D eigenvalue weighted by molar-refractivity contribution is 6.30. The van der Waals surface area contributed by atoms with E-state index in [-0.39, 0.29) is 0 Å². The van der Waals surface area contributed by atoms with Gasteiger partial charge in [0.2, 0.25) is 5.88 Å². The maximum Gasteiger partial charge on any atom is 0.344 e. The van der Waals surface area contributed by atoms with Gasteiger partial charge >= 0.3 is 5.63 Å². The minimum absolute atomic E-state index is 0.370. The lowest BCUT2D eigenvalue weighted by molar-refractivity contribution is 0.422. The Kier molecular flexibility index (Phi) is 4.49. The van der Waals surface area contributed by atoms with Crippen molar-refractivity contribution in [2.45, 2.75) is 12.8 Å². The third-order valence-electron chi connectivity index (χ3n) is 6.55. The Labute approximate surface area is 209 Å². The normalized spacial score (nSPS) is 14.4. The second-order valence-corrected chi connectivity index (χ2v) is 9.13. The van der Waals surface area contributed by atoms with E-state index in [0.717, 1.165) is 16.7 Å². The molecule has 36 heavy (non-hydrogen) atoms. The van der Waals surface area contributed by atoms with Crippen molar-refractivity contribution in [1.82, 2.24) is 19.6 Å². The van der Waals surface area contributed by atoms with Gasteiger partial charge in [0.15, 0.2) is 17.2 Å². The predicted octanol–water partition coefficient (Wildman–Crippen LogP) is 6.15. The Morgan fingerprint density at radius 2 is 1.72 bits per heavy atom. The van der Waals surface area contributed by atoms with Crippen LogP contribution in [0.25, 0.3) is 28.0 Å². The minimum Gasteiger partial charge on any atom is -0.437 e. The van der Waals surface area contributed by atoms with Crippen LogP contribution in [0.15, 0.2) is 88.3 Å². The third kappa shape index (κ3) is 3.06. The summed E-state index contributed by atoms with van der Waals surface area (Å²) >= 11 is 6.20. The average Bonchev–Trinajstić information content (AvgIpc) is 3.33. The van der Waals surface area contributed by atoms with Gasteiger partial charge in [-0.3, -0.25) is 0 Å². The molecule has 0 spiro atoms. The number of benzene rings is 3. The maximum absolute atomic E-state index is 13.4. The quantitative estimate of drug-likeness (QED) is 0.269. The van der Waals surface area contributed by atoms with Gasteiger partial charge in [0, 0.05) is 10.6 Å². The van der Waals surface area contributed by atoms with Crippen LogP contribution in [0.4, 0.5) is 0 Å². The zero-order valence-corrected chi connectivity index (χ0v) is 19.7. The fourth-order valence-corrected chi connectivity index (χ4v) is 4.98. The zero-order chi connectivity index (χ0) is 24.4. The van der Waals surface area contributed by atoms with E-state index < -0.39 is 11.5 Å². The first kappa shape index (κ1) is 20.8. The van der Waals surface area contributed by atoms with E-state index in [1.807, 2.05) is 61.5 Å². The summed E-state index contributed by atoms with van der Waals surface area (Å²) in [6.07, 6.45) is 1.58. The molecular formula is C28H17ClN4O3. The van der Waals surface area contributed by atoms with E-state index >= 15 is 0 Å². The highest BCUT2D eigenvalue weighted by atomic mass is 35.5. The number of aromatic nitrogens is 4. The van der Waals surface area contributed by atoms with Crippen LogP contribution in [0.1, 0.15) is 28.2 Å². The number of aryl methyl sites for hydroxylation is 1. The number of para-hydroxylation sites is 1.